The first-order chi connectivity index (χ1) is 18.7. The molecule has 0 bridgehead atoms. The highest BCUT2D eigenvalue weighted by molar-refractivity contribution is 8.13. The van der Waals surface area contributed by atoms with Gasteiger partial charge in [-0.1, -0.05) is 61.2 Å². The monoisotopic (exact) mass is 553 g/mol. The maximum Gasteiger partial charge on any atom is 0.158 e. The van der Waals surface area contributed by atoms with Crippen LogP contribution in [0.2, 0.25) is 0 Å². The normalized spacial score (nSPS) is 12.2. The number of hydrogen-bond acceptors (Lipinski definition) is 8. The average Bonchev–Trinajstić information content (AvgIpc) is 2.95. The second kappa shape index (κ2) is 20.4. The molecule has 0 saturated carbocycles. The molecule has 2 rings (SSSR count). The van der Waals surface area contributed by atoms with Crippen LogP contribution in [0, 0.1) is 6.92 Å². The first-order valence-electron chi connectivity index (χ1n) is 12.0. The van der Waals surface area contributed by atoms with Crippen LogP contribution in [-0.2, 0) is 16.1 Å². The molecule has 1 atom stereocenters. The molecule has 0 aliphatic rings. The number of carbonyl (C=O) groups excluding carboxylic acids is 2. The topological polar surface area (TPSA) is 116 Å². The maximum atomic E-state index is 11.5. The Labute approximate surface area is 236 Å². The van der Waals surface area contributed by atoms with Crippen molar-refractivity contribution < 1.29 is 29.6 Å². The molecule has 2 aromatic carbocycles. The van der Waals surface area contributed by atoms with Crippen LogP contribution in [0.4, 0.5) is 0 Å². The van der Waals surface area contributed by atoms with E-state index in [0.717, 1.165) is 24.5 Å². The maximum absolute atomic E-state index is 11.5. The van der Waals surface area contributed by atoms with E-state index in [9.17, 15) is 14.7 Å². The van der Waals surface area contributed by atoms with Gasteiger partial charge in [0.05, 0.1) is 12.7 Å². The first-order valence-corrected chi connectivity index (χ1v) is 13.2. The number of nitrogens with zero attached hydrogens (tertiary/aromatic N) is 1. The summed E-state index contributed by atoms with van der Waals surface area (Å²) in [6.45, 7) is 12.8. The Hall–Kier alpha value is -3.56. The number of benzene rings is 2. The van der Waals surface area contributed by atoms with Crippen molar-refractivity contribution >= 4 is 28.9 Å². The Balaban J connectivity index is 0.000000920. The predicted molar refractivity (Wildman–Crippen MR) is 161 cm³/mol. The van der Waals surface area contributed by atoms with Gasteiger partial charge in [-0.25, -0.2) is 4.99 Å². The van der Waals surface area contributed by atoms with Gasteiger partial charge in [0, 0.05) is 30.0 Å². The molecular formula is C31H39NO6S. The molecular weight excluding hydrogens is 514 g/mol. The van der Waals surface area contributed by atoms with Gasteiger partial charge in [-0.2, -0.15) is 0 Å². The largest absolute Gasteiger partial charge is 0.488 e. The molecule has 0 aliphatic carbocycles. The minimum absolute atomic E-state index is 0.197. The summed E-state index contributed by atoms with van der Waals surface area (Å²) >= 11 is 1.42. The summed E-state index contributed by atoms with van der Waals surface area (Å²) in [4.78, 5) is 26.0. The number of ether oxygens (including phenoxy) is 1. The molecule has 0 aliphatic heterocycles. The highest BCUT2D eigenvalue weighted by Crippen LogP contribution is 2.21. The fourth-order valence-corrected chi connectivity index (χ4v) is 3.40. The minimum atomic E-state index is -0.505. The van der Waals surface area contributed by atoms with E-state index in [1.165, 1.54) is 30.4 Å². The molecule has 39 heavy (non-hydrogen) atoms. The number of hydrogen-bond donors (Lipinski definition) is 3. The lowest BCUT2D eigenvalue weighted by Crippen LogP contribution is -2.05. The number of aliphatic hydroxyl groups excluding tert-OH is 3. The number of rotatable bonds is 11. The number of aryl methyl sites for hydroxylation is 1. The predicted octanol–water partition coefficient (Wildman–Crippen LogP) is 5.53. The second-order valence-electron chi connectivity index (χ2n) is 7.97. The zero-order chi connectivity index (χ0) is 29.8. The summed E-state index contributed by atoms with van der Waals surface area (Å²) < 4.78 is 5.93. The van der Waals surface area contributed by atoms with E-state index < -0.39 is 6.10 Å². The molecule has 7 nitrogen and oxygen atoms in total. The Morgan fingerprint density at radius 1 is 1.15 bits per heavy atom. The highest BCUT2D eigenvalue weighted by atomic mass is 32.2. The number of aliphatic imine (C=N–C) groups is 1. The molecule has 210 valence electrons. The van der Waals surface area contributed by atoms with Crippen molar-refractivity contribution in [3.05, 3.63) is 119 Å². The van der Waals surface area contributed by atoms with Crippen LogP contribution in [0.15, 0.2) is 102 Å². The van der Waals surface area contributed by atoms with Crippen molar-refractivity contribution in [2.45, 2.75) is 33.5 Å². The van der Waals surface area contributed by atoms with E-state index in [0.29, 0.717) is 34.1 Å². The molecule has 0 saturated heterocycles. The molecule has 2 aromatic rings. The summed E-state index contributed by atoms with van der Waals surface area (Å²) in [5.74, 6) is 0.282. The Bertz CT molecular complexity index is 1160. The number of allylic oxidation sites excluding steroid dienone is 3. The zero-order valence-corrected chi connectivity index (χ0v) is 24.1. The van der Waals surface area contributed by atoms with Crippen LogP contribution in [0.1, 0.15) is 47.0 Å². The number of aldehydes is 1. The fraction of sp³-hybridized carbons (Fsp3) is 0.258. The van der Waals surface area contributed by atoms with Crippen molar-refractivity contribution in [2.75, 3.05) is 20.0 Å². The van der Waals surface area contributed by atoms with E-state index >= 15 is 0 Å². The third kappa shape index (κ3) is 13.7. The molecule has 8 heteroatoms. The van der Waals surface area contributed by atoms with Crippen LogP contribution in [0.25, 0.3) is 0 Å². The molecule has 1 unspecified atom stereocenters. The Kier molecular flexibility index (Phi) is 18.5. The van der Waals surface area contributed by atoms with Crippen LogP contribution in [-0.4, -0.2) is 52.4 Å². The Morgan fingerprint density at radius 2 is 1.79 bits per heavy atom. The Morgan fingerprint density at radius 3 is 2.28 bits per heavy atom. The first kappa shape index (κ1) is 35.4. The lowest BCUT2D eigenvalue weighted by atomic mass is 10.1. The molecule has 0 radical (unpaired) electrons. The fourth-order valence-electron chi connectivity index (χ4n) is 2.87. The summed E-state index contributed by atoms with van der Waals surface area (Å²) in [7, 11) is 1.00. The van der Waals surface area contributed by atoms with Gasteiger partial charge in [-0.05, 0) is 56.4 Å². The number of thioether (sulfide) groups is 1. The number of carbonyl (C=O) groups is 2. The van der Waals surface area contributed by atoms with E-state index in [2.05, 4.69) is 18.2 Å². The lowest BCUT2D eigenvalue weighted by molar-refractivity contribution is -0.114. The van der Waals surface area contributed by atoms with Gasteiger partial charge < -0.3 is 20.1 Å². The van der Waals surface area contributed by atoms with Gasteiger partial charge in [-0.3, -0.25) is 9.59 Å². The standard InChI is InChI=1S/C21H25NO3S.C9H10O2.CH4O/c1-6-22-21(26-5)16(3)20(12-11-19(13-23)17(4)24)25-14-18-9-7-15(2)8-10-18;1-7(11)9-4-2-3-8(5-9)6-10;1-2/h6-12,23H,1,3,13-14H2,2,4-5H3;2-7,11H,1H3;2H,1H3/b19-11+,20-12+,22-21?;;. The summed E-state index contributed by atoms with van der Waals surface area (Å²) in [6, 6.07) is 15.0. The van der Waals surface area contributed by atoms with Gasteiger partial charge in [0.1, 0.15) is 23.7 Å². The van der Waals surface area contributed by atoms with Gasteiger partial charge in [-0.15, -0.1) is 11.8 Å². The van der Waals surface area contributed by atoms with Crippen molar-refractivity contribution in [2.24, 2.45) is 4.99 Å². The van der Waals surface area contributed by atoms with Gasteiger partial charge >= 0.3 is 0 Å². The van der Waals surface area contributed by atoms with Crippen LogP contribution in [0.3, 0.4) is 0 Å². The number of aliphatic hydroxyl groups is 3. The van der Waals surface area contributed by atoms with Crippen molar-refractivity contribution in [3.8, 4) is 0 Å². The van der Waals surface area contributed by atoms with Gasteiger partial charge in [0.2, 0.25) is 0 Å². The van der Waals surface area contributed by atoms with Crippen LogP contribution < -0.4 is 0 Å². The molecule has 0 fully saturated rings. The second-order valence-corrected chi connectivity index (χ2v) is 8.77. The quantitative estimate of drug-likeness (QED) is 0.0837. The average molecular weight is 554 g/mol. The number of Topliss-reactive ketones (excluding diaryl/α,β-unsaturated/α-hetero) is 1. The van der Waals surface area contributed by atoms with Crippen molar-refractivity contribution in [1.82, 2.24) is 0 Å². The molecule has 0 aromatic heterocycles. The summed E-state index contributed by atoms with van der Waals surface area (Å²) in [5.41, 5.74) is 4.44. The SMILES string of the molecule is C=CN=C(SC)C(=C)/C(=C\C=C(/CO)C(C)=O)OCc1ccc(C)cc1.CC(O)c1cccc(C=O)c1.CO. The molecule has 0 heterocycles. The zero-order valence-electron chi connectivity index (χ0n) is 23.3. The van der Waals surface area contributed by atoms with Gasteiger partial charge in [0.25, 0.3) is 0 Å². The molecule has 0 amide bonds. The van der Waals surface area contributed by atoms with E-state index in [4.69, 9.17) is 14.9 Å². The third-order valence-corrected chi connectivity index (χ3v) is 5.80. The lowest BCUT2D eigenvalue weighted by Gasteiger charge is -2.14. The van der Waals surface area contributed by atoms with Crippen molar-refractivity contribution in [3.63, 3.8) is 0 Å². The van der Waals surface area contributed by atoms with E-state index in [1.807, 2.05) is 37.4 Å². The van der Waals surface area contributed by atoms with Crippen LogP contribution in [0.5, 0.6) is 0 Å². The number of ketones is 1. The third-order valence-electron chi connectivity index (χ3n) is 5.06. The smallest absolute Gasteiger partial charge is 0.158 e. The van der Waals surface area contributed by atoms with Crippen molar-refractivity contribution in [1.29, 1.82) is 0 Å². The van der Waals surface area contributed by atoms with Gasteiger partial charge in [0.15, 0.2) is 5.78 Å². The summed E-state index contributed by atoms with van der Waals surface area (Å²) in [5, 5.41) is 26.1. The molecule has 3 N–H and O–H groups in total. The highest BCUT2D eigenvalue weighted by Gasteiger charge is 2.11. The molecule has 0 spiro atoms. The minimum Gasteiger partial charge on any atom is -0.488 e. The summed E-state index contributed by atoms with van der Waals surface area (Å²) in [6.07, 6.45) is 6.78. The van der Waals surface area contributed by atoms with Crippen LogP contribution >= 0.6 is 11.8 Å². The van der Waals surface area contributed by atoms with E-state index in [1.54, 1.807) is 43.3 Å². The van der Waals surface area contributed by atoms with E-state index in [-0.39, 0.29) is 12.4 Å².